The molecule has 0 bridgehead atoms. The van der Waals surface area contributed by atoms with Gasteiger partial charge in [0.05, 0.1) is 11.2 Å². The molecule has 2 aromatic carbocycles. The Labute approximate surface area is 124 Å². The lowest BCUT2D eigenvalue weighted by Crippen LogP contribution is -2.01. The number of hydrogen-bond donors (Lipinski definition) is 1. The van der Waals surface area contributed by atoms with E-state index in [2.05, 4.69) is 26.2 Å². The standard InChI is InChI=1S/C16H12BrFN2/c17-14-7-6-13(18)9-15(14)20-10-12-4-1-3-11-5-2-8-19-16(11)12/h1-9,20H,10H2. The van der Waals surface area contributed by atoms with Crippen LogP contribution in [0.1, 0.15) is 5.56 Å². The van der Waals surface area contributed by atoms with Crippen LogP contribution < -0.4 is 5.32 Å². The molecule has 0 atom stereocenters. The lowest BCUT2D eigenvalue weighted by Gasteiger charge is -2.10. The number of hydrogen-bond acceptors (Lipinski definition) is 2. The number of halogens is 2. The quantitative estimate of drug-likeness (QED) is 0.749. The molecule has 0 saturated carbocycles. The molecule has 100 valence electrons. The minimum Gasteiger partial charge on any atom is -0.380 e. The number of aromatic nitrogens is 1. The first-order valence-corrected chi connectivity index (χ1v) is 7.05. The summed E-state index contributed by atoms with van der Waals surface area (Å²) in [4.78, 5) is 4.41. The van der Waals surface area contributed by atoms with Crippen LogP contribution in [0.25, 0.3) is 10.9 Å². The highest BCUT2D eigenvalue weighted by molar-refractivity contribution is 9.10. The van der Waals surface area contributed by atoms with Crippen LogP contribution in [0.2, 0.25) is 0 Å². The van der Waals surface area contributed by atoms with Crippen molar-refractivity contribution in [1.29, 1.82) is 0 Å². The Morgan fingerprint density at radius 2 is 1.95 bits per heavy atom. The van der Waals surface area contributed by atoms with E-state index < -0.39 is 0 Å². The molecular formula is C16H12BrFN2. The third kappa shape index (κ3) is 2.65. The van der Waals surface area contributed by atoms with Crippen LogP contribution in [-0.4, -0.2) is 4.98 Å². The smallest absolute Gasteiger partial charge is 0.125 e. The molecule has 0 fully saturated rings. The fourth-order valence-electron chi connectivity index (χ4n) is 2.13. The molecule has 4 heteroatoms. The molecule has 1 heterocycles. The number of benzene rings is 2. The van der Waals surface area contributed by atoms with Crippen molar-refractivity contribution in [2.24, 2.45) is 0 Å². The van der Waals surface area contributed by atoms with Gasteiger partial charge in [-0.05, 0) is 45.8 Å². The molecule has 1 aromatic heterocycles. The SMILES string of the molecule is Fc1ccc(Br)c(NCc2cccc3cccnc23)c1. The van der Waals surface area contributed by atoms with Crippen molar-refractivity contribution in [3.8, 4) is 0 Å². The summed E-state index contributed by atoms with van der Waals surface area (Å²) in [5.41, 5.74) is 2.78. The topological polar surface area (TPSA) is 24.9 Å². The van der Waals surface area contributed by atoms with Gasteiger partial charge in [-0.15, -0.1) is 0 Å². The molecule has 2 nitrogen and oxygen atoms in total. The second kappa shape index (κ2) is 5.59. The number of rotatable bonds is 3. The monoisotopic (exact) mass is 330 g/mol. The molecule has 0 radical (unpaired) electrons. The van der Waals surface area contributed by atoms with E-state index in [1.54, 1.807) is 12.3 Å². The van der Waals surface area contributed by atoms with E-state index >= 15 is 0 Å². The van der Waals surface area contributed by atoms with Gasteiger partial charge in [0.25, 0.3) is 0 Å². The third-order valence-electron chi connectivity index (χ3n) is 3.11. The summed E-state index contributed by atoms with van der Waals surface area (Å²) in [7, 11) is 0. The Hall–Kier alpha value is -1.94. The normalized spacial score (nSPS) is 10.7. The second-order valence-corrected chi connectivity index (χ2v) is 5.32. The average molecular weight is 331 g/mol. The van der Waals surface area contributed by atoms with Crippen LogP contribution in [0.15, 0.2) is 59.2 Å². The van der Waals surface area contributed by atoms with E-state index in [1.165, 1.54) is 12.1 Å². The van der Waals surface area contributed by atoms with Gasteiger partial charge in [-0.1, -0.05) is 24.3 Å². The van der Waals surface area contributed by atoms with Crippen LogP contribution in [-0.2, 0) is 6.54 Å². The van der Waals surface area contributed by atoms with Crippen molar-refractivity contribution in [3.05, 3.63) is 70.6 Å². The second-order valence-electron chi connectivity index (χ2n) is 4.47. The summed E-state index contributed by atoms with van der Waals surface area (Å²) in [5.74, 6) is -0.258. The van der Waals surface area contributed by atoms with Crippen molar-refractivity contribution in [1.82, 2.24) is 4.98 Å². The average Bonchev–Trinajstić information content (AvgIpc) is 2.48. The van der Waals surface area contributed by atoms with E-state index in [0.717, 1.165) is 26.6 Å². The Morgan fingerprint density at radius 3 is 2.85 bits per heavy atom. The first-order chi connectivity index (χ1) is 9.74. The summed E-state index contributed by atoms with van der Waals surface area (Å²) in [6, 6.07) is 14.6. The van der Waals surface area contributed by atoms with Crippen LogP contribution in [0.5, 0.6) is 0 Å². The fourth-order valence-corrected chi connectivity index (χ4v) is 2.52. The van der Waals surface area contributed by atoms with Crippen LogP contribution in [0, 0.1) is 5.82 Å². The fraction of sp³-hybridized carbons (Fsp3) is 0.0625. The van der Waals surface area contributed by atoms with Crippen molar-refractivity contribution < 1.29 is 4.39 Å². The van der Waals surface area contributed by atoms with Crippen molar-refractivity contribution in [3.63, 3.8) is 0 Å². The first-order valence-electron chi connectivity index (χ1n) is 6.25. The highest BCUT2D eigenvalue weighted by atomic mass is 79.9. The highest BCUT2D eigenvalue weighted by Crippen LogP contribution is 2.24. The summed E-state index contributed by atoms with van der Waals surface area (Å²) < 4.78 is 14.1. The lowest BCUT2D eigenvalue weighted by molar-refractivity contribution is 0.628. The van der Waals surface area contributed by atoms with E-state index in [-0.39, 0.29) is 5.82 Å². The van der Waals surface area contributed by atoms with Gasteiger partial charge in [0.15, 0.2) is 0 Å². The summed E-state index contributed by atoms with van der Waals surface area (Å²) >= 11 is 3.41. The van der Waals surface area contributed by atoms with Gasteiger partial charge in [0.1, 0.15) is 5.82 Å². The van der Waals surface area contributed by atoms with E-state index in [4.69, 9.17) is 0 Å². The van der Waals surface area contributed by atoms with Gasteiger partial charge in [0.2, 0.25) is 0 Å². The lowest BCUT2D eigenvalue weighted by atomic mass is 10.1. The minimum absolute atomic E-state index is 0.258. The number of nitrogens with zero attached hydrogens (tertiary/aromatic N) is 1. The van der Waals surface area contributed by atoms with Crippen LogP contribution in [0.3, 0.4) is 0 Å². The van der Waals surface area contributed by atoms with Gasteiger partial charge >= 0.3 is 0 Å². The molecule has 0 aliphatic rings. The predicted octanol–water partition coefficient (Wildman–Crippen LogP) is 4.75. The summed E-state index contributed by atoms with van der Waals surface area (Å²) in [6.45, 7) is 0.594. The van der Waals surface area contributed by atoms with Crippen molar-refractivity contribution >= 4 is 32.5 Å². The molecule has 0 spiro atoms. The Bertz CT molecular complexity index is 753. The summed E-state index contributed by atoms with van der Waals surface area (Å²) in [5, 5.41) is 4.34. The first kappa shape index (κ1) is 13.1. The number of para-hydroxylation sites is 1. The largest absolute Gasteiger partial charge is 0.380 e. The molecule has 0 unspecified atom stereocenters. The van der Waals surface area contributed by atoms with Crippen molar-refractivity contribution in [2.75, 3.05) is 5.32 Å². The van der Waals surface area contributed by atoms with Crippen LogP contribution in [0.4, 0.5) is 10.1 Å². The van der Waals surface area contributed by atoms with Gasteiger partial charge in [0, 0.05) is 22.6 Å². The molecule has 20 heavy (non-hydrogen) atoms. The molecule has 0 saturated heterocycles. The van der Waals surface area contributed by atoms with Gasteiger partial charge in [-0.25, -0.2) is 4.39 Å². The van der Waals surface area contributed by atoms with E-state index in [1.807, 2.05) is 30.3 Å². The number of anilines is 1. The Balaban J connectivity index is 1.89. The molecule has 1 N–H and O–H groups in total. The zero-order valence-electron chi connectivity index (χ0n) is 10.6. The van der Waals surface area contributed by atoms with Gasteiger partial charge < -0.3 is 5.32 Å². The summed E-state index contributed by atoms with van der Waals surface area (Å²) in [6.07, 6.45) is 1.78. The minimum atomic E-state index is -0.258. The maximum absolute atomic E-state index is 13.3. The molecule has 0 aliphatic heterocycles. The molecule has 0 aliphatic carbocycles. The predicted molar refractivity (Wildman–Crippen MR) is 83.2 cm³/mol. The number of pyridine rings is 1. The van der Waals surface area contributed by atoms with Crippen LogP contribution >= 0.6 is 15.9 Å². The zero-order chi connectivity index (χ0) is 13.9. The van der Waals surface area contributed by atoms with E-state index in [9.17, 15) is 4.39 Å². The van der Waals surface area contributed by atoms with E-state index in [0.29, 0.717) is 6.54 Å². The van der Waals surface area contributed by atoms with Gasteiger partial charge in [-0.3, -0.25) is 4.98 Å². The number of nitrogens with one attached hydrogen (secondary N) is 1. The maximum atomic E-state index is 13.3. The molecular weight excluding hydrogens is 319 g/mol. The van der Waals surface area contributed by atoms with Gasteiger partial charge in [-0.2, -0.15) is 0 Å². The molecule has 0 amide bonds. The van der Waals surface area contributed by atoms with Crippen molar-refractivity contribution in [2.45, 2.75) is 6.54 Å². The zero-order valence-corrected chi connectivity index (χ0v) is 12.2. The Kier molecular flexibility index (Phi) is 3.65. The molecule has 3 rings (SSSR count). The Morgan fingerprint density at radius 1 is 1.10 bits per heavy atom. The highest BCUT2D eigenvalue weighted by Gasteiger charge is 2.04. The third-order valence-corrected chi connectivity index (χ3v) is 3.81. The maximum Gasteiger partial charge on any atom is 0.125 e. The molecule has 3 aromatic rings. The number of fused-ring (bicyclic) bond motifs is 1.